The van der Waals surface area contributed by atoms with Gasteiger partial charge in [0.25, 0.3) is 11.6 Å². The summed E-state index contributed by atoms with van der Waals surface area (Å²) < 4.78 is 0. The molecule has 3 rings (SSSR count). The Kier molecular flexibility index (Phi) is 7.33. The summed E-state index contributed by atoms with van der Waals surface area (Å²) in [7, 11) is 0. The third kappa shape index (κ3) is 6.03. The van der Waals surface area contributed by atoms with Gasteiger partial charge < -0.3 is 10.4 Å². The van der Waals surface area contributed by atoms with E-state index in [4.69, 9.17) is 0 Å². The molecule has 0 fully saturated rings. The van der Waals surface area contributed by atoms with Crippen molar-refractivity contribution in [1.82, 2.24) is 5.32 Å². The largest absolute Gasteiger partial charge is 0.480 e. The summed E-state index contributed by atoms with van der Waals surface area (Å²) in [5.74, 6) is 3.79. The molecule has 1 atom stereocenters. The topological polar surface area (TPSA) is 110 Å². The molecular formula is C25H20N2O5. The van der Waals surface area contributed by atoms with E-state index in [1.165, 1.54) is 18.2 Å². The minimum atomic E-state index is -1.15. The highest BCUT2D eigenvalue weighted by Gasteiger charge is 2.22. The van der Waals surface area contributed by atoms with Crippen molar-refractivity contribution in [2.75, 3.05) is 0 Å². The molecular weight excluding hydrogens is 408 g/mol. The Morgan fingerprint density at radius 3 is 2.25 bits per heavy atom. The smallest absolute Gasteiger partial charge is 0.326 e. The van der Waals surface area contributed by atoms with Gasteiger partial charge in [-0.2, -0.15) is 0 Å². The van der Waals surface area contributed by atoms with Crippen LogP contribution in [-0.2, 0) is 11.2 Å². The molecule has 0 heterocycles. The first-order valence-electron chi connectivity index (χ1n) is 9.87. The fourth-order valence-electron chi connectivity index (χ4n) is 3.05. The van der Waals surface area contributed by atoms with Crippen LogP contribution < -0.4 is 5.32 Å². The maximum Gasteiger partial charge on any atom is 0.326 e. The average Bonchev–Trinajstić information content (AvgIpc) is 2.81. The van der Waals surface area contributed by atoms with E-state index in [1.54, 1.807) is 24.3 Å². The highest BCUT2D eigenvalue weighted by Crippen LogP contribution is 2.20. The number of hydrogen-bond donors (Lipinski definition) is 2. The maximum absolute atomic E-state index is 12.7. The number of nitrogens with one attached hydrogen (secondary N) is 1. The maximum atomic E-state index is 12.7. The molecule has 0 radical (unpaired) electrons. The van der Waals surface area contributed by atoms with E-state index in [-0.39, 0.29) is 23.2 Å². The molecule has 0 saturated carbocycles. The van der Waals surface area contributed by atoms with Crippen molar-refractivity contribution in [3.05, 3.63) is 111 Å². The van der Waals surface area contributed by atoms with Gasteiger partial charge in [0, 0.05) is 17.2 Å². The van der Waals surface area contributed by atoms with Crippen molar-refractivity contribution < 1.29 is 19.6 Å². The lowest BCUT2D eigenvalue weighted by atomic mass is 10.0. The second-order valence-corrected chi connectivity index (χ2v) is 6.99. The number of carbonyl (C=O) groups is 2. The van der Waals surface area contributed by atoms with Gasteiger partial charge in [0.15, 0.2) is 0 Å². The van der Waals surface area contributed by atoms with Crippen LogP contribution in [0.15, 0.2) is 78.9 Å². The van der Waals surface area contributed by atoms with Crippen LogP contribution in [0.3, 0.4) is 0 Å². The Balaban J connectivity index is 1.79. The number of aliphatic carboxylic acids is 1. The van der Waals surface area contributed by atoms with E-state index >= 15 is 0 Å². The van der Waals surface area contributed by atoms with Gasteiger partial charge in [-0.3, -0.25) is 14.9 Å². The molecule has 2 N–H and O–H groups in total. The van der Waals surface area contributed by atoms with Gasteiger partial charge in [-0.15, -0.1) is 0 Å². The van der Waals surface area contributed by atoms with E-state index in [0.29, 0.717) is 12.0 Å². The van der Waals surface area contributed by atoms with Gasteiger partial charge >= 0.3 is 5.97 Å². The summed E-state index contributed by atoms with van der Waals surface area (Å²) in [5.41, 5.74) is 1.57. The van der Waals surface area contributed by atoms with Gasteiger partial charge in [0.05, 0.1) is 4.92 Å². The summed E-state index contributed by atoms with van der Waals surface area (Å²) >= 11 is 0. The van der Waals surface area contributed by atoms with Gasteiger partial charge in [-0.1, -0.05) is 60.4 Å². The first-order valence-corrected chi connectivity index (χ1v) is 9.87. The first-order chi connectivity index (χ1) is 15.4. The van der Waals surface area contributed by atoms with Crippen LogP contribution in [0.5, 0.6) is 0 Å². The van der Waals surface area contributed by atoms with Crippen LogP contribution in [-0.4, -0.2) is 27.9 Å². The summed E-state index contributed by atoms with van der Waals surface area (Å²) in [5, 5.41) is 23.4. The van der Waals surface area contributed by atoms with Gasteiger partial charge in [0.1, 0.15) is 11.6 Å². The number of aryl methyl sites for hydroxylation is 1. The number of nitro groups is 1. The number of amides is 1. The van der Waals surface area contributed by atoms with Gasteiger partial charge in [0.2, 0.25) is 0 Å². The standard InChI is InChI=1S/C25H20N2O5/c28-24(26-22(25(29)30)15-12-19-9-5-2-6-10-19)21-14-16-23(27(31)32)20(17-21)13-11-18-7-3-1-4-8-18/h1-10,14,16-17,22H,12,15H2,(H,26,28)(H,29,30)/t22-/m0/s1. The zero-order valence-electron chi connectivity index (χ0n) is 17.0. The molecule has 0 saturated heterocycles. The van der Waals surface area contributed by atoms with Crippen LogP contribution >= 0.6 is 0 Å². The van der Waals surface area contributed by atoms with E-state index < -0.39 is 22.8 Å². The number of carboxylic acids is 1. The number of carbonyl (C=O) groups excluding carboxylic acids is 1. The van der Waals surface area contributed by atoms with Crippen molar-refractivity contribution >= 4 is 17.6 Å². The van der Waals surface area contributed by atoms with E-state index in [1.807, 2.05) is 36.4 Å². The third-order valence-corrected chi connectivity index (χ3v) is 4.74. The SMILES string of the molecule is O=C(N[C@@H](CCc1ccccc1)C(=O)O)c1ccc([N+](=O)[O-])c(C#Cc2ccccc2)c1. The van der Waals surface area contributed by atoms with Crippen LogP contribution in [0.1, 0.15) is 33.5 Å². The van der Waals surface area contributed by atoms with Gasteiger partial charge in [-0.05, 0) is 42.7 Å². The van der Waals surface area contributed by atoms with Crippen molar-refractivity contribution in [2.45, 2.75) is 18.9 Å². The molecule has 0 aromatic heterocycles. The second-order valence-electron chi connectivity index (χ2n) is 6.99. The zero-order valence-corrected chi connectivity index (χ0v) is 17.0. The highest BCUT2D eigenvalue weighted by molar-refractivity contribution is 5.97. The number of carboxylic acid groups (broad SMARTS) is 1. The third-order valence-electron chi connectivity index (χ3n) is 4.74. The average molecular weight is 428 g/mol. The molecule has 7 nitrogen and oxygen atoms in total. The first kappa shape index (κ1) is 22.2. The minimum absolute atomic E-state index is 0.0719. The fourth-order valence-corrected chi connectivity index (χ4v) is 3.05. The Bertz CT molecular complexity index is 1180. The molecule has 0 spiro atoms. The van der Waals surface area contributed by atoms with E-state index in [0.717, 1.165) is 5.56 Å². The zero-order chi connectivity index (χ0) is 22.9. The quantitative estimate of drug-likeness (QED) is 0.338. The van der Waals surface area contributed by atoms with Crippen molar-refractivity contribution in [1.29, 1.82) is 0 Å². The van der Waals surface area contributed by atoms with Crippen LogP contribution in [0.2, 0.25) is 0 Å². The minimum Gasteiger partial charge on any atom is -0.480 e. The molecule has 3 aromatic rings. The molecule has 3 aromatic carbocycles. The summed E-state index contributed by atoms with van der Waals surface area (Å²) in [4.78, 5) is 35.1. The Morgan fingerprint density at radius 1 is 0.969 bits per heavy atom. The highest BCUT2D eigenvalue weighted by atomic mass is 16.6. The number of rotatable bonds is 7. The molecule has 1 amide bonds. The summed E-state index contributed by atoms with van der Waals surface area (Å²) in [6.07, 6.45) is 0.685. The normalized spacial score (nSPS) is 11.0. The van der Waals surface area contributed by atoms with E-state index in [9.17, 15) is 24.8 Å². The molecule has 7 heteroatoms. The summed E-state index contributed by atoms with van der Waals surface area (Å²) in [6.45, 7) is 0. The van der Waals surface area contributed by atoms with Crippen molar-refractivity contribution in [3.63, 3.8) is 0 Å². The molecule has 0 unspecified atom stereocenters. The molecule has 0 bridgehead atoms. The lowest BCUT2D eigenvalue weighted by molar-refractivity contribution is -0.385. The van der Waals surface area contributed by atoms with Gasteiger partial charge in [-0.25, -0.2) is 4.79 Å². The molecule has 32 heavy (non-hydrogen) atoms. The predicted molar refractivity (Wildman–Crippen MR) is 119 cm³/mol. The molecule has 0 aliphatic heterocycles. The number of nitro benzene ring substituents is 1. The second kappa shape index (κ2) is 10.5. The lowest BCUT2D eigenvalue weighted by Gasteiger charge is -2.15. The number of nitrogens with zero attached hydrogens (tertiary/aromatic N) is 1. The van der Waals surface area contributed by atoms with Crippen LogP contribution in [0.25, 0.3) is 0 Å². The molecule has 0 aliphatic rings. The number of benzene rings is 3. The predicted octanol–water partition coefficient (Wildman–Crippen LogP) is 3.81. The monoisotopic (exact) mass is 428 g/mol. The van der Waals surface area contributed by atoms with Crippen LogP contribution in [0, 0.1) is 22.0 Å². The Labute approximate surface area is 184 Å². The van der Waals surface area contributed by atoms with E-state index in [2.05, 4.69) is 17.2 Å². The van der Waals surface area contributed by atoms with Crippen molar-refractivity contribution in [2.24, 2.45) is 0 Å². The van der Waals surface area contributed by atoms with Crippen molar-refractivity contribution in [3.8, 4) is 11.8 Å². The Morgan fingerprint density at radius 2 is 1.62 bits per heavy atom. The summed E-state index contributed by atoms with van der Waals surface area (Å²) in [6, 6.07) is 21.0. The molecule has 0 aliphatic carbocycles. The Hall–Kier alpha value is -4.44. The lowest BCUT2D eigenvalue weighted by Crippen LogP contribution is -2.41. The molecule has 160 valence electrons. The van der Waals surface area contributed by atoms with Crippen LogP contribution in [0.4, 0.5) is 5.69 Å². The fraction of sp³-hybridized carbons (Fsp3) is 0.120. The number of hydrogen-bond acceptors (Lipinski definition) is 4.